The number of hydrogen-bond acceptors (Lipinski definition) is 5. The van der Waals surface area contributed by atoms with Crippen molar-refractivity contribution >= 4 is 16.9 Å². The van der Waals surface area contributed by atoms with Crippen LogP contribution >= 0.6 is 0 Å². The van der Waals surface area contributed by atoms with E-state index in [0.717, 1.165) is 67.5 Å². The Morgan fingerprint density at radius 1 is 1.13 bits per heavy atom. The molecule has 6 nitrogen and oxygen atoms in total. The zero-order valence-corrected chi connectivity index (χ0v) is 22.8. The van der Waals surface area contributed by atoms with Gasteiger partial charge in [0.15, 0.2) is 0 Å². The number of nitrogens with zero attached hydrogens (tertiary/aromatic N) is 2. The van der Waals surface area contributed by atoms with Crippen LogP contribution in [0.2, 0.25) is 0 Å². The smallest absolute Gasteiger partial charge is 0.303 e. The van der Waals surface area contributed by atoms with Crippen LogP contribution < -0.4 is 4.74 Å². The average Bonchev–Trinajstić information content (AvgIpc) is 2.93. The Balaban J connectivity index is 1.32. The first-order valence-electron chi connectivity index (χ1n) is 14.0. The number of ether oxygens (including phenoxy) is 1. The van der Waals surface area contributed by atoms with Crippen LogP contribution in [0.25, 0.3) is 10.9 Å². The van der Waals surface area contributed by atoms with Gasteiger partial charge in [0.05, 0.1) is 18.7 Å². The summed E-state index contributed by atoms with van der Waals surface area (Å²) in [7, 11) is 1.64. The maximum Gasteiger partial charge on any atom is 0.303 e. The number of carboxylic acid groups (broad SMARTS) is 1. The van der Waals surface area contributed by atoms with E-state index in [-0.39, 0.29) is 6.42 Å². The first-order valence-corrected chi connectivity index (χ1v) is 14.0. The number of piperidine rings is 1. The molecule has 204 valence electrons. The number of aromatic nitrogens is 1. The highest BCUT2D eigenvalue weighted by atomic mass is 16.5. The molecule has 1 saturated heterocycles. The van der Waals surface area contributed by atoms with E-state index < -0.39 is 12.1 Å². The molecule has 1 aliphatic rings. The molecule has 2 heterocycles. The summed E-state index contributed by atoms with van der Waals surface area (Å²) >= 11 is 0. The van der Waals surface area contributed by atoms with Gasteiger partial charge in [-0.1, -0.05) is 24.3 Å². The number of benzene rings is 2. The van der Waals surface area contributed by atoms with Crippen LogP contribution in [0.15, 0.2) is 54.7 Å². The molecule has 0 amide bonds. The molecule has 2 unspecified atom stereocenters. The van der Waals surface area contributed by atoms with Crippen LogP contribution in [0.3, 0.4) is 0 Å². The summed E-state index contributed by atoms with van der Waals surface area (Å²) in [6.45, 7) is 5.24. The Morgan fingerprint density at radius 3 is 2.76 bits per heavy atom. The fourth-order valence-corrected chi connectivity index (χ4v) is 6.01. The standard InChI is InChI=1S/C32H42N2O4/c1-23-7-3-4-8-24(23)9-5-6-19-34-20-17-25(26(22-34)11-15-32(36)37)10-14-31(35)28-16-18-33-30-13-12-27(38-2)21-29(28)30/h3-4,7-8,12-13,16,18,21,25-26,31,35H,5-6,9-11,14-15,17,19-20,22H2,1-2H3,(H,36,37)/t25?,26?,31-/m0/s1. The van der Waals surface area contributed by atoms with Crippen molar-refractivity contribution in [3.8, 4) is 5.75 Å². The van der Waals surface area contributed by atoms with E-state index in [2.05, 4.69) is 41.1 Å². The Kier molecular flexibility index (Phi) is 10.1. The van der Waals surface area contributed by atoms with Crippen molar-refractivity contribution in [2.75, 3.05) is 26.7 Å². The van der Waals surface area contributed by atoms with Crippen molar-refractivity contribution in [1.29, 1.82) is 0 Å². The van der Waals surface area contributed by atoms with Crippen molar-refractivity contribution in [1.82, 2.24) is 9.88 Å². The lowest BCUT2D eigenvalue weighted by Gasteiger charge is -2.39. The second-order valence-electron chi connectivity index (χ2n) is 10.8. The molecule has 1 fully saturated rings. The van der Waals surface area contributed by atoms with E-state index in [0.29, 0.717) is 24.7 Å². The van der Waals surface area contributed by atoms with Crippen LogP contribution in [0.5, 0.6) is 5.75 Å². The molecular formula is C32H42N2O4. The van der Waals surface area contributed by atoms with Gasteiger partial charge in [-0.2, -0.15) is 0 Å². The Bertz CT molecular complexity index is 1200. The second kappa shape index (κ2) is 13.7. The van der Waals surface area contributed by atoms with Crippen molar-refractivity contribution in [3.05, 3.63) is 71.4 Å². The summed E-state index contributed by atoms with van der Waals surface area (Å²) in [6.07, 6.45) is 8.10. The summed E-state index contributed by atoms with van der Waals surface area (Å²) in [5.41, 5.74) is 4.52. The van der Waals surface area contributed by atoms with Gasteiger partial charge in [0.2, 0.25) is 0 Å². The van der Waals surface area contributed by atoms with Gasteiger partial charge in [0, 0.05) is 24.5 Å². The summed E-state index contributed by atoms with van der Waals surface area (Å²) < 4.78 is 5.38. The Labute approximate surface area is 226 Å². The number of rotatable bonds is 13. The number of likely N-dealkylation sites (tertiary alicyclic amines) is 1. The van der Waals surface area contributed by atoms with Gasteiger partial charge >= 0.3 is 5.97 Å². The SMILES string of the molecule is COc1ccc2nccc([C@@H](O)CCC3CCN(CCCCc4ccccc4C)CC3CCC(=O)O)c2c1. The molecule has 2 N–H and O–H groups in total. The van der Waals surface area contributed by atoms with Gasteiger partial charge in [-0.3, -0.25) is 9.78 Å². The van der Waals surface area contributed by atoms with Crippen LogP contribution in [0, 0.1) is 18.8 Å². The van der Waals surface area contributed by atoms with Gasteiger partial charge in [0.1, 0.15) is 5.75 Å². The number of aryl methyl sites for hydroxylation is 2. The number of unbranched alkanes of at least 4 members (excludes halogenated alkanes) is 1. The topological polar surface area (TPSA) is 82.9 Å². The maximum atomic E-state index is 11.4. The van der Waals surface area contributed by atoms with E-state index in [1.54, 1.807) is 13.3 Å². The monoisotopic (exact) mass is 518 g/mol. The number of aliphatic carboxylic acids is 1. The molecule has 0 spiro atoms. The quantitative estimate of drug-likeness (QED) is 0.263. The van der Waals surface area contributed by atoms with Crippen molar-refractivity contribution in [2.24, 2.45) is 11.8 Å². The fourth-order valence-electron chi connectivity index (χ4n) is 6.01. The number of aliphatic hydroxyl groups excluding tert-OH is 1. The van der Waals surface area contributed by atoms with Crippen molar-refractivity contribution in [2.45, 2.75) is 64.4 Å². The first kappa shape index (κ1) is 28.1. The number of carbonyl (C=O) groups is 1. The van der Waals surface area contributed by atoms with Crippen molar-refractivity contribution < 1.29 is 19.7 Å². The number of methoxy groups -OCH3 is 1. The third kappa shape index (κ3) is 7.55. The minimum atomic E-state index is -0.726. The minimum absolute atomic E-state index is 0.208. The molecule has 0 radical (unpaired) electrons. The maximum absolute atomic E-state index is 11.4. The van der Waals surface area contributed by atoms with Crippen molar-refractivity contribution in [3.63, 3.8) is 0 Å². The van der Waals surface area contributed by atoms with Gasteiger partial charge in [0.25, 0.3) is 0 Å². The van der Waals surface area contributed by atoms with Gasteiger partial charge in [-0.15, -0.1) is 0 Å². The number of fused-ring (bicyclic) bond motifs is 1. The highest BCUT2D eigenvalue weighted by Gasteiger charge is 2.30. The predicted molar refractivity (Wildman–Crippen MR) is 152 cm³/mol. The lowest BCUT2D eigenvalue weighted by molar-refractivity contribution is -0.137. The van der Waals surface area contributed by atoms with Gasteiger partial charge in [-0.25, -0.2) is 0 Å². The molecule has 3 aromatic rings. The second-order valence-corrected chi connectivity index (χ2v) is 10.8. The number of pyridine rings is 1. The minimum Gasteiger partial charge on any atom is -0.497 e. The highest BCUT2D eigenvalue weighted by molar-refractivity contribution is 5.83. The molecule has 1 aromatic heterocycles. The molecule has 2 aromatic carbocycles. The predicted octanol–water partition coefficient (Wildman–Crippen LogP) is 6.19. The summed E-state index contributed by atoms with van der Waals surface area (Å²) in [5, 5.41) is 21.4. The molecule has 3 atom stereocenters. The summed E-state index contributed by atoms with van der Waals surface area (Å²) in [4.78, 5) is 18.3. The van der Waals surface area contributed by atoms with Gasteiger partial charge in [-0.05, 0) is 118 Å². The Morgan fingerprint density at radius 2 is 1.97 bits per heavy atom. The Hall–Kier alpha value is -2.96. The van der Waals surface area contributed by atoms with E-state index in [1.807, 2.05) is 24.3 Å². The third-order valence-electron chi connectivity index (χ3n) is 8.29. The van der Waals surface area contributed by atoms with E-state index >= 15 is 0 Å². The fraction of sp³-hybridized carbons (Fsp3) is 0.500. The van der Waals surface area contributed by atoms with Crippen LogP contribution in [-0.4, -0.2) is 52.8 Å². The van der Waals surface area contributed by atoms with E-state index in [1.165, 1.54) is 17.5 Å². The number of hydrogen-bond donors (Lipinski definition) is 2. The lowest BCUT2D eigenvalue weighted by atomic mass is 9.79. The molecular weight excluding hydrogens is 476 g/mol. The third-order valence-corrected chi connectivity index (χ3v) is 8.29. The van der Waals surface area contributed by atoms with Gasteiger partial charge < -0.3 is 19.8 Å². The number of carboxylic acids is 1. The largest absolute Gasteiger partial charge is 0.497 e. The molecule has 0 bridgehead atoms. The average molecular weight is 519 g/mol. The van der Waals surface area contributed by atoms with Crippen LogP contribution in [0.1, 0.15) is 67.7 Å². The molecule has 6 heteroatoms. The first-order chi connectivity index (χ1) is 18.4. The molecule has 1 aliphatic heterocycles. The lowest BCUT2D eigenvalue weighted by Crippen LogP contribution is -2.41. The molecule has 4 rings (SSSR count). The van der Waals surface area contributed by atoms with Crippen LogP contribution in [-0.2, 0) is 11.2 Å². The molecule has 38 heavy (non-hydrogen) atoms. The molecule has 0 aliphatic carbocycles. The zero-order valence-electron chi connectivity index (χ0n) is 22.8. The van der Waals surface area contributed by atoms with E-state index in [4.69, 9.17) is 4.74 Å². The normalized spacial score (nSPS) is 18.9. The zero-order chi connectivity index (χ0) is 26.9. The van der Waals surface area contributed by atoms with Crippen LogP contribution in [0.4, 0.5) is 0 Å². The summed E-state index contributed by atoms with van der Waals surface area (Å²) in [6, 6.07) is 16.3. The number of aliphatic hydroxyl groups is 1. The highest BCUT2D eigenvalue weighted by Crippen LogP contribution is 2.35. The summed E-state index contributed by atoms with van der Waals surface area (Å²) in [5.74, 6) is 0.794. The molecule has 0 saturated carbocycles. The van der Waals surface area contributed by atoms with E-state index in [9.17, 15) is 15.0 Å².